The number of aromatic nitrogens is 2. The molecule has 0 radical (unpaired) electrons. The van der Waals surface area contributed by atoms with Gasteiger partial charge in [-0.25, -0.2) is 18.8 Å². The van der Waals surface area contributed by atoms with Gasteiger partial charge in [0, 0.05) is 17.8 Å². The predicted octanol–water partition coefficient (Wildman–Crippen LogP) is 3.16. The fourth-order valence-electron chi connectivity index (χ4n) is 4.36. The molecule has 5 unspecified atom stereocenters. The molecule has 0 spiro atoms. The number of esters is 1. The lowest BCUT2D eigenvalue weighted by molar-refractivity contribution is -0.146. The lowest BCUT2D eigenvalue weighted by Gasteiger charge is -2.24. The number of alkyl halides is 1. The van der Waals surface area contributed by atoms with E-state index >= 15 is 4.39 Å². The molecule has 13 nitrogen and oxygen atoms in total. The average molecular weight is 646 g/mol. The number of halogens is 1. The van der Waals surface area contributed by atoms with Gasteiger partial charge >= 0.3 is 19.4 Å². The molecule has 1 saturated heterocycles. The maximum absolute atomic E-state index is 15.6. The highest BCUT2D eigenvalue weighted by molar-refractivity contribution is 7.52. The molecule has 1 aliphatic rings. The maximum Gasteiger partial charge on any atom is 0.459 e. The van der Waals surface area contributed by atoms with Crippen LogP contribution >= 0.6 is 7.75 Å². The molecule has 1 aromatic heterocycles. The highest BCUT2D eigenvalue weighted by Crippen LogP contribution is 2.47. The number of benzene rings is 2. The van der Waals surface area contributed by atoms with E-state index in [2.05, 4.69) is 5.09 Å². The third kappa shape index (κ3) is 8.71. The Morgan fingerprint density at radius 3 is 2.49 bits per heavy atom. The van der Waals surface area contributed by atoms with Gasteiger partial charge in [0.05, 0.1) is 12.7 Å². The van der Waals surface area contributed by atoms with Gasteiger partial charge in [-0.05, 0) is 56.7 Å². The molecule has 240 valence electrons. The molecule has 5 atom stereocenters. The number of ether oxygens (including phenoxy) is 2. The molecule has 1 fully saturated rings. The maximum atomic E-state index is 15.6. The Bertz CT molecular complexity index is 1690. The van der Waals surface area contributed by atoms with Crippen molar-refractivity contribution in [2.75, 3.05) is 13.2 Å². The molecule has 3 N–H and O–H groups in total. The molecule has 0 amide bonds. The second-order valence-electron chi connectivity index (χ2n) is 10.5. The largest absolute Gasteiger partial charge is 0.462 e. The second-order valence-corrected chi connectivity index (χ2v) is 12.3. The highest BCUT2D eigenvalue weighted by Gasteiger charge is 2.55. The molecule has 15 heteroatoms. The topological polar surface area (TPSA) is 175 Å². The van der Waals surface area contributed by atoms with Crippen molar-refractivity contribution in [2.45, 2.75) is 51.0 Å². The van der Waals surface area contributed by atoms with Gasteiger partial charge in [0.25, 0.3) is 5.56 Å². The van der Waals surface area contributed by atoms with Gasteiger partial charge in [-0.15, -0.1) is 0 Å². The summed E-state index contributed by atoms with van der Waals surface area (Å²) in [5, 5.41) is 13.0. The van der Waals surface area contributed by atoms with Crippen LogP contribution in [0.25, 0.3) is 6.08 Å². The first kappa shape index (κ1) is 33.7. The number of carbonyl (C=O) groups is 2. The van der Waals surface area contributed by atoms with Crippen LogP contribution in [0.1, 0.15) is 42.9 Å². The Morgan fingerprint density at radius 2 is 1.84 bits per heavy atom. The number of H-pyrrole nitrogens is 1. The minimum atomic E-state index is -4.44. The monoisotopic (exact) mass is 645 g/mol. The summed E-state index contributed by atoms with van der Waals surface area (Å²) in [7, 11) is -4.44. The van der Waals surface area contributed by atoms with E-state index in [1.807, 2.05) is 35.3 Å². The number of aliphatic hydroxyl groups is 1. The smallest absolute Gasteiger partial charge is 0.459 e. The minimum absolute atomic E-state index is 0.00691. The Balaban J connectivity index is 1.48. The summed E-state index contributed by atoms with van der Waals surface area (Å²) in [6, 6.07) is 15.8. The van der Waals surface area contributed by atoms with Gasteiger partial charge in [0.1, 0.15) is 24.5 Å². The number of hydrogen-bond acceptors (Lipinski definition) is 10. The van der Waals surface area contributed by atoms with Crippen molar-refractivity contribution in [3.05, 3.63) is 105 Å². The normalized spacial score (nSPS) is 22.8. The van der Waals surface area contributed by atoms with Crippen LogP contribution in [0.15, 0.2) is 82.5 Å². The molecule has 45 heavy (non-hydrogen) atoms. The second kappa shape index (κ2) is 14.3. The summed E-state index contributed by atoms with van der Waals surface area (Å²) < 4.78 is 51.8. The zero-order valence-electron chi connectivity index (χ0n) is 24.6. The number of nitrogens with one attached hydrogen (secondary N) is 2. The molecule has 0 bridgehead atoms. The molecule has 0 aliphatic carbocycles. The minimum Gasteiger partial charge on any atom is -0.462 e. The number of aliphatic hydroxyl groups excluding tert-OH is 1. The van der Waals surface area contributed by atoms with Crippen molar-refractivity contribution in [1.82, 2.24) is 14.6 Å². The summed E-state index contributed by atoms with van der Waals surface area (Å²) in [5.74, 6) is -1.07. The lowest BCUT2D eigenvalue weighted by Crippen LogP contribution is -2.43. The summed E-state index contributed by atoms with van der Waals surface area (Å²) >= 11 is 0. The summed E-state index contributed by atoms with van der Waals surface area (Å²) in [4.78, 5) is 50.4. The first-order valence-electron chi connectivity index (χ1n) is 13.9. The number of carbonyl (C=O) groups excluding carboxylic acids is 2. The van der Waals surface area contributed by atoms with Crippen LogP contribution in [0.2, 0.25) is 0 Å². The van der Waals surface area contributed by atoms with Gasteiger partial charge in [-0.3, -0.25) is 28.5 Å². The van der Waals surface area contributed by atoms with Gasteiger partial charge in [-0.1, -0.05) is 36.4 Å². The fraction of sp³-hybridized carbons (Fsp3) is 0.333. The van der Waals surface area contributed by atoms with E-state index in [-0.39, 0.29) is 11.5 Å². The highest BCUT2D eigenvalue weighted by atomic mass is 31.2. The van der Waals surface area contributed by atoms with Crippen LogP contribution in [0.3, 0.4) is 0 Å². The van der Waals surface area contributed by atoms with Gasteiger partial charge in [-0.2, -0.15) is 0 Å². The van der Waals surface area contributed by atoms with E-state index in [1.54, 1.807) is 19.9 Å². The first-order chi connectivity index (χ1) is 21.3. The van der Waals surface area contributed by atoms with E-state index in [4.69, 9.17) is 18.5 Å². The molecular formula is C30H33FN3O10P. The average Bonchev–Trinajstić information content (AvgIpc) is 3.22. The van der Waals surface area contributed by atoms with Crippen molar-refractivity contribution in [2.24, 2.45) is 0 Å². The zero-order chi connectivity index (χ0) is 32.8. The molecule has 0 saturated carbocycles. The van der Waals surface area contributed by atoms with Gasteiger partial charge in [0.15, 0.2) is 17.7 Å². The van der Waals surface area contributed by atoms with Crippen LogP contribution in [-0.2, 0) is 23.4 Å². The Hall–Kier alpha value is -4.20. The van der Waals surface area contributed by atoms with Crippen LogP contribution in [-0.4, -0.2) is 63.5 Å². The van der Waals surface area contributed by atoms with Crippen molar-refractivity contribution >= 4 is 25.6 Å². The van der Waals surface area contributed by atoms with E-state index < -0.39 is 68.3 Å². The molecule has 3 aromatic rings. The number of ketones is 1. The van der Waals surface area contributed by atoms with Crippen LogP contribution in [0, 0.1) is 0 Å². The molecular weight excluding hydrogens is 612 g/mol. The van der Waals surface area contributed by atoms with Gasteiger partial charge in [0.2, 0.25) is 0 Å². The number of hydrogen-bond donors (Lipinski definition) is 3. The fourth-order valence-corrected chi connectivity index (χ4v) is 5.63. The summed E-state index contributed by atoms with van der Waals surface area (Å²) in [5.41, 5.74) is -3.06. The van der Waals surface area contributed by atoms with E-state index in [0.717, 1.165) is 29.3 Å². The number of aromatic amines is 1. The molecule has 2 heterocycles. The number of allylic oxidation sites excluding steroid dienone is 1. The standard InChI is InChI=1S/C30H33FN3O10P/c1-19(2)42-26(37)17-32-45(40,44-22-12-10-21(11-13-22)23(35)14-9-20-7-5-4-6-8-20)41-18-24-27(38)30(3,31)28(43-24)34-16-15-25(36)33-29(34)39/h4-16,19,24,27-28,38H,17-18H2,1-3H3,(H,32,40)(H,33,36,39). The predicted molar refractivity (Wildman–Crippen MR) is 160 cm³/mol. The van der Waals surface area contributed by atoms with Crippen molar-refractivity contribution in [1.29, 1.82) is 0 Å². The van der Waals surface area contributed by atoms with E-state index in [0.29, 0.717) is 5.56 Å². The van der Waals surface area contributed by atoms with Crippen molar-refractivity contribution in [3.63, 3.8) is 0 Å². The van der Waals surface area contributed by atoms with E-state index in [1.165, 1.54) is 30.3 Å². The number of nitrogens with zero attached hydrogens (tertiary/aromatic N) is 1. The van der Waals surface area contributed by atoms with E-state index in [9.17, 15) is 28.8 Å². The molecule has 1 aliphatic heterocycles. The Morgan fingerprint density at radius 1 is 1.16 bits per heavy atom. The third-order valence-corrected chi connectivity index (χ3v) is 8.09. The SMILES string of the molecule is CC(C)OC(=O)CNP(=O)(OCC1OC(n2ccc(=O)[nH]c2=O)C(C)(F)C1O)Oc1ccc(C(=O)C=Cc2ccccc2)cc1. The Labute approximate surface area is 257 Å². The summed E-state index contributed by atoms with van der Waals surface area (Å²) in [6.07, 6.45) is -1.37. The number of rotatable bonds is 13. The zero-order valence-corrected chi connectivity index (χ0v) is 25.5. The third-order valence-electron chi connectivity index (χ3n) is 6.60. The molecule has 2 aromatic carbocycles. The lowest BCUT2D eigenvalue weighted by atomic mass is 9.98. The van der Waals surface area contributed by atoms with Crippen LogP contribution < -0.4 is 20.9 Å². The first-order valence-corrected chi connectivity index (χ1v) is 15.4. The van der Waals surface area contributed by atoms with Crippen LogP contribution in [0.5, 0.6) is 5.75 Å². The van der Waals surface area contributed by atoms with Gasteiger partial charge < -0.3 is 19.1 Å². The Kier molecular flexibility index (Phi) is 10.7. The molecule has 4 rings (SSSR count). The van der Waals surface area contributed by atoms with Crippen molar-refractivity contribution in [3.8, 4) is 5.75 Å². The summed E-state index contributed by atoms with van der Waals surface area (Å²) in [6.45, 7) is 2.94. The van der Waals surface area contributed by atoms with Crippen molar-refractivity contribution < 1.29 is 42.2 Å². The van der Waals surface area contributed by atoms with Crippen LogP contribution in [0.4, 0.5) is 4.39 Å². The quantitative estimate of drug-likeness (QED) is 0.108.